The van der Waals surface area contributed by atoms with Gasteiger partial charge in [0.1, 0.15) is 12.2 Å². The van der Waals surface area contributed by atoms with Gasteiger partial charge < -0.3 is 25.6 Å². The predicted octanol–water partition coefficient (Wildman–Crippen LogP) is -1.91. The Bertz CT molecular complexity index is 1010. The Labute approximate surface area is 151 Å². The summed E-state index contributed by atoms with van der Waals surface area (Å²) >= 11 is 0. The van der Waals surface area contributed by atoms with E-state index in [4.69, 9.17) is 16.9 Å². The first-order valence-corrected chi connectivity index (χ1v) is 8.91. The molecule has 27 heavy (non-hydrogen) atoms. The molecule has 6 N–H and O–H groups in total. The number of ether oxygens (including phenoxy) is 1. The Balaban J connectivity index is 1.99. The number of fused-ring (bicyclic) bond motifs is 1. The lowest BCUT2D eigenvalue weighted by Crippen LogP contribution is -2.45. The minimum atomic E-state index is -4.35. The number of aromatic nitrogens is 4. The Morgan fingerprint density at radius 2 is 2.33 bits per heavy atom. The molecule has 0 spiro atoms. The highest BCUT2D eigenvalue weighted by Crippen LogP contribution is 2.45. The van der Waals surface area contributed by atoms with Crippen molar-refractivity contribution in [3.63, 3.8) is 0 Å². The highest BCUT2D eigenvalue weighted by molar-refractivity contribution is 7.47. The number of aromatic amines is 1. The number of imidazole rings is 1. The van der Waals surface area contributed by atoms with Gasteiger partial charge in [0.2, 0.25) is 5.95 Å². The molecule has 1 aliphatic rings. The third kappa shape index (κ3) is 3.24. The third-order valence-electron chi connectivity index (χ3n) is 4.05. The van der Waals surface area contributed by atoms with Gasteiger partial charge in [-0.05, 0) is 0 Å². The number of anilines is 1. The first-order valence-electron chi connectivity index (χ1n) is 7.42. The van der Waals surface area contributed by atoms with E-state index in [1.54, 1.807) is 0 Å². The van der Waals surface area contributed by atoms with Gasteiger partial charge in [-0.3, -0.25) is 23.4 Å². The first-order chi connectivity index (χ1) is 12.6. The van der Waals surface area contributed by atoms with Gasteiger partial charge in [0.15, 0.2) is 23.0 Å². The standard InChI is InChI=1S/C13H16N5O8P/c1-3-13(21)8(19)6(4-25-27(22,23)24-2)26-11(13)18-5-15-7-9(18)16-12(14)17-10(7)20/h1,5-6,8,11,19,21H,4H2,2H3,(H,22,23)(H3,14,16,17,20). The van der Waals surface area contributed by atoms with Crippen molar-refractivity contribution in [1.29, 1.82) is 0 Å². The van der Waals surface area contributed by atoms with Crippen LogP contribution >= 0.6 is 7.82 Å². The zero-order chi connectivity index (χ0) is 20.0. The van der Waals surface area contributed by atoms with Gasteiger partial charge in [-0.2, -0.15) is 4.98 Å². The SMILES string of the molecule is C#CC1(O)C(O)C(COP(=O)(O)OC)OC1n1cnc2c(=O)[nH]c(N)nc21. The van der Waals surface area contributed by atoms with Crippen LogP contribution in [0.25, 0.3) is 11.2 Å². The zero-order valence-corrected chi connectivity index (χ0v) is 14.7. The van der Waals surface area contributed by atoms with Gasteiger partial charge in [-0.15, -0.1) is 6.42 Å². The summed E-state index contributed by atoms with van der Waals surface area (Å²) in [6, 6.07) is 0. The van der Waals surface area contributed by atoms with E-state index in [9.17, 15) is 24.5 Å². The second-order valence-corrected chi connectivity index (χ2v) is 7.22. The van der Waals surface area contributed by atoms with Crippen LogP contribution in [0.5, 0.6) is 0 Å². The molecule has 0 aliphatic carbocycles. The van der Waals surface area contributed by atoms with Gasteiger partial charge >= 0.3 is 7.82 Å². The summed E-state index contributed by atoms with van der Waals surface area (Å²) in [5.41, 5.74) is 2.47. The van der Waals surface area contributed by atoms with Crippen molar-refractivity contribution in [2.75, 3.05) is 19.5 Å². The number of rotatable bonds is 5. The number of nitrogens with one attached hydrogen (secondary N) is 1. The quantitative estimate of drug-likeness (QED) is 0.277. The third-order valence-corrected chi connectivity index (χ3v) is 4.99. The molecular weight excluding hydrogens is 385 g/mol. The number of H-pyrrole nitrogens is 1. The topological polar surface area (TPSA) is 195 Å². The van der Waals surface area contributed by atoms with Crippen LogP contribution in [0.3, 0.4) is 0 Å². The van der Waals surface area contributed by atoms with E-state index in [1.165, 1.54) is 0 Å². The lowest BCUT2D eigenvalue weighted by molar-refractivity contribution is -0.0719. The zero-order valence-electron chi connectivity index (χ0n) is 13.8. The van der Waals surface area contributed by atoms with E-state index in [-0.39, 0.29) is 17.1 Å². The average Bonchev–Trinajstić information content (AvgIpc) is 3.14. The predicted molar refractivity (Wildman–Crippen MR) is 89.0 cm³/mol. The molecule has 3 heterocycles. The maximum absolute atomic E-state index is 11.9. The van der Waals surface area contributed by atoms with E-state index in [2.05, 4.69) is 24.0 Å². The van der Waals surface area contributed by atoms with E-state index >= 15 is 0 Å². The molecule has 0 bridgehead atoms. The number of nitrogens with zero attached hydrogens (tertiary/aromatic N) is 3. The van der Waals surface area contributed by atoms with Crippen LogP contribution in [-0.4, -0.2) is 66.2 Å². The second-order valence-electron chi connectivity index (χ2n) is 5.66. The molecule has 5 unspecified atom stereocenters. The smallest absolute Gasteiger partial charge is 0.386 e. The first kappa shape index (κ1) is 19.5. The summed E-state index contributed by atoms with van der Waals surface area (Å²) in [4.78, 5) is 31.3. The fourth-order valence-corrected chi connectivity index (χ4v) is 3.11. The average molecular weight is 401 g/mol. The molecule has 2 aromatic heterocycles. The van der Waals surface area contributed by atoms with Crippen molar-refractivity contribution >= 4 is 24.9 Å². The van der Waals surface area contributed by atoms with Crippen LogP contribution in [-0.2, 0) is 18.3 Å². The van der Waals surface area contributed by atoms with Crippen LogP contribution in [0.2, 0.25) is 0 Å². The molecule has 13 nitrogen and oxygen atoms in total. The Kier molecular flexibility index (Phi) is 4.83. The van der Waals surface area contributed by atoms with Crippen molar-refractivity contribution in [3.8, 4) is 12.3 Å². The second kappa shape index (κ2) is 6.70. The number of nitrogen functional groups attached to an aromatic ring is 1. The molecule has 1 saturated heterocycles. The fraction of sp³-hybridized carbons (Fsp3) is 0.462. The van der Waals surface area contributed by atoms with Gasteiger partial charge in [0, 0.05) is 7.11 Å². The molecule has 1 aliphatic heterocycles. The molecule has 0 saturated carbocycles. The van der Waals surface area contributed by atoms with E-state index in [1.807, 2.05) is 5.92 Å². The number of hydrogen-bond donors (Lipinski definition) is 5. The van der Waals surface area contributed by atoms with Crippen molar-refractivity contribution < 1.29 is 33.5 Å². The summed E-state index contributed by atoms with van der Waals surface area (Å²) in [6.45, 7) is -0.619. The number of aliphatic hydroxyl groups is 2. The van der Waals surface area contributed by atoms with Gasteiger partial charge in [-0.1, -0.05) is 5.92 Å². The highest BCUT2D eigenvalue weighted by Gasteiger charge is 2.56. The number of terminal acetylenes is 1. The summed E-state index contributed by atoms with van der Waals surface area (Å²) < 4.78 is 27.0. The lowest BCUT2D eigenvalue weighted by atomic mass is 9.95. The molecule has 0 amide bonds. The molecule has 5 atom stereocenters. The maximum Gasteiger partial charge on any atom is 0.472 e. The lowest BCUT2D eigenvalue weighted by Gasteiger charge is -2.26. The molecule has 3 rings (SSSR count). The van der Waals surface area contributed by atoms with Crippen molar-refractivity contribution in [1.82, 2.24) is 19.5 Å². The van der Waals surface area contributed by atoms with Gasteiger partial charge in [0.25, 0.3) is 5.56 Å². The highest BCUT2D eigenvalue weighted by atomic mass is 31.2. The monoisotopic (exact) mass is 401 g/mol. The number of aliphatic hydroxyl groups excluding tert-OH is 1. The molecule has 2 aromatic rings. The van der Waals surface area contributed by atoms with Crippen LogP contribution in [0.15, 0.2) is 11.1 Å². The molecule has 0 radical (unpaired) electrons. The van der Waals surface area contributed by atoms with E-state index in [0.29, 0.717) is 0 Å². The molecule has 0 aromatic carbocycles. The summed E-state index contributed by atoms with van der Waals surface area (Å²) in [5, 5.41) is 21.1. The molecule has 14 heteroatoms. The normalized spacial score (nSPS) is 30.3. The van der Waals surface area contributed by atoms with Gasteiger partial charge in [0.05, 0.1) is 12.9 Å². The van der Waals surface area contributed by atoms with Crippen molar-refractivity contribution in [3.05, 3.63) is 16.7 Å². The van der Waals surface area contributed by atoms with E-state index < -0.39 is 44.0 Å². The number of hydrogen-bond acceptors (Lipinski definition) is 10. The Morgan fingerprint density at radius 3 is 2.96 bits per heavy atom. The fourth-order valence-electron chi connectivity index (χ4n) is 2.67. The number of nitrogens with two attached hydrogens (primary N) is 1. The van der Waals surface area contributed by atoms with Gasteiger partial charge in [-0.25, -0.2) is 9.55 Å². The minimum absolute atomic E-state index is 0.0478. The minimum Gasteiger partial charge on any atom is -0.386 e. The summed E-state index contributed by atoms with van der Waals surface area (Å²) in [6.07, 6.45) is 2.05. The van der Waals surface area contributed by atoms with Crippen LogP contribution < -0.4 is 11.3 Å². The molecule has 146 valence electrons. The maximum atomic E-state index is 11.9. The molecule has 1 fully saturated rings. The largest absolute Gasteiger partial charge is 0.472 e. The number of phosphoric acid groups is 1. The Hall–Kier alpha value is -2.30. The molecular formula is C13H16N5O8P. The van der Waals surface area contributed by atoms with Crippen LogP contribution in [0.1, 0.15) is 6.23 Å². The van der Waals surface area contributed by atoms with Crippen molar-refractivity contribution in [2.45, 2.75) is 24.0 Å². The van der Waals surface area contributed by atoms with E-state index in [0.717, 1.165) is 18.0 Å². The van der Waals surface area contributed by atoms with Crippen LogP contribution in [0, 0.1) is 12.3 Å². The number of phosphoric ester groups is 1. The summed E-state index contributed by atoms with van der Waals surface area (Å²) in [7, 11) is -3.40. The Morgan fingerprint density at radius 1 is 1.63 bits per heavy atom. The van der Waals surface area contributed by atoms with Crippen LogP contribution in [0.4, 0.5) is 5.95 Å². The summed E-state index contributed by atoms with van der Waals surface area (Å²) in [5.74, 6) is 1.82. The van der Waals surface area contributed by atoms with Crippen molar-refractivity contribution in [2.24, 2.45) is 0 Å².